The Labute approximate surface area is 302 Å². The largest absolute Gasteiger partial charge is 0.470 e. The zero-order valence-electron chi connectivity index (χ0n) is 31.2. The highest BCUT2D eigenvalue weighted by molar-refractivity contribution is 6.87. The van der Waals surface area contributed by atoms with E-state index >= 15 is 0 Å². The fourth-order valence-electron chi connectivity index (χ4n) is 5.53. The molecule has 1 saturated heterocycles. The van der Waals surface area contributed by atoms with Gasteiger partial charge in [0.1, 0.15) is 17.2 Å². The van der Waals surface area contributed by atoms with E-state index in [0.717, 1.165) is 16.7 Å². The van der Waals surface area contributed by atoms with Crippen molar-refractivity contribution in [2.45, 2.75) is 62.3 Å². The molecule has 51 heavy (non-hydrogen) atoms. The lowest BCUT2D eigenvalue weighted by atomic mass is 9.61. The molecule has 0 unspecified atom stereocenters. The second-order valence-electron chi connectivity index (χ2n) is 12.1. The molecule has 0 atom stereocenters. The van der Waals surface area contributed by atoms with E-state index in [1.54, 1.807) is 45.0 Å². The van der Waals surface area contributed by atoms with Crippen LogP contribution in [-0.2, 0) is 13.7 Å². The van der Waals surface area contributed by atoms with Crippen LogP contribution in [-0.4, -0.2) is 93.6 Å². The van der Waals surface area contributed by atoms with Crippen LogP contribution in [0.15, 0.2) is 54.6 Å². The van der Waals surface area contributed by atoms with Crippen LogP contribution in [0.3, 0.4) is 0 Å². The van der Waals surface area contributed by atoms with E-state index in [-0.39, 0.29) is 11.5 Å². The van der Waals surface area contributed by atoms with Gasteiger partial charge in [0.05, 0.1) is 0 Å². The van der Waals surface area contributed by atoms with Gasteiger partial charge < -0.3 is 42.6 Å². The summed E-state index contributed by atoms with van der Waals surface area (Å²) >= 11 is 0. The summed E-state index contributed by atoms with van der Waals surface area (Å²) in [7, 11) is -3.27. The van der Waals surface area contributed by atoms with Gasteiger partial charge in [-0.3, -0.25) is 0 Å². The Hall–Kier alpha value is -4.46. The van der Waals surface area contributed by atoms with E-state index in [4.69, 9.17) is 27.9 Å². The predicted octanol–water partition coefficient (Wildman–Crippen LogP) is 4.68. The Bertz CT molecular complexity index is 1600. The summed E-state index contributed by atoms with van der Waals surface area (Å²) in [6.45, 7) is 19.8. The van der Waals surface area contributed by atoms with Crippen LogP contribution in [0.1, 0.15) is 58.2 Å². The number of aryl methyl sites for hydroxylation is 3. The van der Waals surface area contributed by atoms with Crippen LogP contribution >= 0.6 is 0 Å². The second kappa shape index (κ2) is 18.2. The maximum Gasteiger partial charge on any atom is 0.470 e. The van der Waals surface area contributed by atoms with Crippen molar-refractivity contribution in [2.24, 2.45) is 0 Å². The van der Waals surface area contributed by atoms with Crippen molar-refractivity contribution < 1.29 is 42.3 Å². The molecular formula is C36H48B3N3O9. The molecule has 1 aliphatic rings. The van der Waals surface area contributed by atoms with Crippen LogP contribution in [0, 0.1) is 20.8 Å². The Kier molecular flexibility index (Phi) is 14.0. The maximum absolute atomic E-state index is 13.1. The third kappa shape index (κ3) is 9.66. The van der Waals surface area contributed by atoms with Gasteiger partial charge in [-0.05, 0) is 103 Å². The van der Waals surface area contributed by atoms with Gasteiger partial charge in [0.25, 0.3) is 0 Å². The van der Waals surface area contributed by atoms with E-state index in [1.165, 1.54) is 0 Å². The third-order valence-corrected chi connectivity index (χ3v) is 8.73. The minimum atomic E-state index is -1.11. The molecule has 1 fully saturated rings. The van der Waals surface area contributed by atoms with Crippen molar-refractivity contribution >= 4 is 56.0 Å². The van der Waals surface area contributed by atoms with Crippen molar-refractivity contribution in [3.63, 3.8) is 0 Å². The molecule has 1 aliphatic heterocycles. The number of nitrogens with zero attached hydrogens (tertiary/aromatic N) is 3. The number of hydrogen-bond acceptors (Lipinski definition) is 9. The summed E-state index contributed by atoms with van der Waals surface area (Å²) in [6.07, 6.45) is -1.48. The third-order valence-electron chi connectivity index (χ3n) is 8.73. The Morgan fingerprint density at radius 1 is 0.510 bits per heavy atom. The first-order chi connectivity index (χ1) is 24.5. The first kappa shape index (κ1) is 39.3. The molecule has 3 amide bonds. The second-order valence-corrected chi connectivity index (χ2v) is 12.1. The number of carbonyl (C=O) groups is 3. The quantitative estimate of drug-likeness (QED) is 0.249. The van der Waals surface area contributed by atoms with Crippen molar-refractivity contribution in [1.82, 2.24) is 14.7 Å². The highest BCUT2D eigenvalue weighted by Gasteiger charge is 2.46. The standard InChI is InChI=1S/C36H48B3N3O9/c1-10-40(11-2)34(43)46-31-24-28(19-18-27(31)9)37-49-38(29-20-16-25(7)22-32(29)47-35(44)41(12-3)13-4)51-39(50-37)30-21-17-26(8)23-33(30)48-36(45)42(14-5)15-6/h16-24H,10-15H2,1-9H3. The molecule has 0 bridgehead atoms. The van der Waals surface area contributed by atoms with E-state index in [0.29, 0.717) is 61.4 Å². The highest BCUT2D eigenvalue weighted by atomic mass is 16.7. The molecule has 270 valence electrons. The molecular weight excluding hydrogens is 651 g/mol. The summed E-state index contributed by atoms with van der Waals surface area (Å²) < 4.78 is 37.1. The van der Waals surface area contributed by atoms with Crippen LogP contribution in [0.25, 0.3) is 0 Å². The summed E-state index contributed by atoms with van der Waals surface area (Å²) in [4.78, 5) is 43.9. The van der Waals surface area contributed by atoms with Gasteiger partial charge in [-0.1, -0.05) is 36.4 Å². The van der Waals surface area contributed by atoms with E-state index in [2.05, 4.69) is 0 Å². The molecule has 3 aromatic carbocycles. The van der Waals surface area contributed by atoms with Gasteiger partial charge in [-0.15, -0.1) is 0 Å². The highest BCUT2D eigenvalue weighted by Crippen LogP contribution is 2.23. The van der Waals surface area contributed by atoms with Crippen molar-refractivity contribution in [3.05, 3.63) is 71.3 Å². The number of rotatable bonds is 12. The minimum absolute atomic E-state index is 0.270. The lowest BCUT2D eigenvalue weighted by molar-refractivity contribution is 0.156. The summed E-state index contributed by atoms with van der Waals surface area (Å²) in [5, 5.41) is 0. The molecule has 12 nitrogen and oxygen atoms in total. The zero-order valence-corrected chi connectivity index (χ0v) is 31.2. The fourth-order valence-corrected chi connectivity index (χ4v) is 5.53. The Balaban J connectivity index is 1.80. The molecule has 0 N–H and O–H groups in total. The average Bonchev–Trinajstić information content (AvgIpc) is 3.10. The number of ether oxygens (including phenoxy) is 3. The molecule has 0 aliphatic carbocycles. The first-order valence-corrected chi connectivity index (χ1v) is 17.6. The van der Waals surface area contributed by atoms with Crippen LogP contribution in [0.2, 0.25) is 0 Å². The molecule has 3 aromatic rings. The summed E-state index contributed by atoms with van der Waals surface area (Å²) in [6, 6.07) is 16.2. The number of benzene rings is 3. The van der Waals surface area contributed by atoms with Gasteiger partial charge >= 0.3 is 39.6 Å². The molecule has 1 heterocycles. The van der Waals surface area contributed by atoms with Gasteiger partial charge in [-0.2, -0.15) is 0 Å². The van der Waals surface area contributed by atoms with Crippen molar-refractivity contribution in [3.8, 4) is 17.2 Å². The zero-order chi connectivity index (χ0) is 37.2. The summed E-state index contributed by atoms with van der Waals surface area (Å²) in [5.41, 5.74) is 3.92. The lowest BCUT2D eigenvalue weighted by Crippen LogP contribution is -2.61. The molecule has 0 spiro atoms. The molecule has 15 heteroatoms. The predicted molar refractivity (Wildman–Crippen MR) is 200 cm³/mol. The molecule has 0 radical (unpaired) electrons. The Morgan fingerprint density at radius 3 is 1.27 bits per heavy atom. The average molecular weight is 699 g/mol. The topological polar surface area (TPSA) is 116 Å². The molecule has 0 aromatic heterocycles. The van der Waals surface area contributed by atoms with Gasteiger partial charge in [0.2, 0.25) is 0 Å². The van der Waals surface area contributed by atoms with Gasteiger partial charge in [0.15, 0.2) is 0 Å². The van der Waals surface area contributed by atoms with Gasteiger partial charge in [0, 0.05) is 50.2 Å². The van der Waals surface area contributed by atoms with Crippen molar-refractivity contribution in [2.75, 3.05) is 39.3 Å². The monoisotopic (exact) mass is 699 g/mol. The Morgan fingerprint density at radius 2 is 0.882 bits per heavy atom. The van der Waals surface area contributed by atoms with Crippen LogP contribution in [0.4, 0.5) is 14.4 Å². The van der Waals surface area contributed by atoms with Gasteiger partial charge in [-0.25, -0.2) is 14.4 Å². The lowest BCUT2D eigenvalue weighted by Gasteiger charge is -2.33. The van der Waals surface area contributed by atoms with E-state index in [1.807, 2.05) is 86.6 Å². The van der Waals surface area contributed by atoms with Crippen LogP contribution < -0.4 is 30.6 Å². The van der Waals surface area contributed by atoms with E-state index < -0.39 is 39.6 Å². The van der Waals surface area contributed by atoms with Crippen molar-refractivity contribution in [1.29, 1.82) is 0 Å². The number of hydrogen-bond donors (Lipinski definition) is 0. The smallest absolute Gasteiger partial charge is 0.444 e. The maximum atomic E-state index is 13.1. The fraction of sp³-hybridized carbons (Fsp3) is 0.417. The minimum Gasteiger partial charge on any atom is -0.444 e. The molecule has 0 saturated carbocycles. The first-order valence-electron chi connectivity index (χ1n) is 17.6. The normalized spacial score (nSPS) is 12.8. The summed E-state index contributed by atoms with van der Waals surface area (Å²) in [5.74, 6) is 0.891. The molecule has 4 rings (SSSR count). The number of carbonyl (C=O) groups excluding carboxylic acids is 3. The number of amides is 3. The van der Waals surface area contributed by atoms with E-state index in [9.17, 15) is 14.4 Å². The van der Waals surface area contributed by atoms with Crippen LogP contribution in [0.5, 0.6) is 17.2 Å². The SMILES string of the molecule is CCN(CC)C(=O)Oc1cc(B2OB(c3ccc(C)cc3OC(=O)N(CC)CC)OB(c3ccc(C)cc3OC(=O)N(CC)CC)O2)ccc1C.